The van der Waals surface area contributed by atoms with Gasteiger partial charge >= 0.3 is 0 Å². The Hall–Kier alpha value is -1.60. The van der Waals surface area contributed by atoms with Gasteiger partial charge in [0, 0.05) is 25.9 Å². The second kappa shape index (κ2) is 6.03. The molecule has 0 amide bonds. The van der Waals surface area contributed by atoms with Crippen LogP contribution in [0.3, 0.4) is 0 Å². The van der Waals surface area contributed by atoms with E-state index in [-0.39, 0.29) is 0 Å². The van der Waals surface area contributed by atoms with Crippen molar-refractivity contribution < 1.29 is 4.74 Å². The van der Waals surface area contributed by atoms with Crippen molar-refractivity contribution in [3.63, 3.8) is 0 Å². The number of aryl methyl sites for hydroxylation is 2. The van der Waals surface area contributed by atoms with Crippen LogP contribution in [0.25, 0.3) is 0 Å². The molecule has 4 heteroatoms. The van der Waals surface area contributed by atoms with Crippen molar-refractivity contribution in [1.29, 1.82) is 5.26 Å². The second-order valence-electron chi connectivity index (χ2n) is 5.17. The van der Waals surface area contributed by atoms with Gasteiger partial charge in [0.1, 0.15) is 11.9 Å². The lowest BCUT2D eigenvalue weighted by atomic mass is 10.1. The fraction of sp³-hybridized carbons (Fsp3) is 0.600. The van der Waals surface area contributed by atoms with Crippen molar-refractivity contribution in [1.82, 2.24) is 4.98 Å². The third-order valence-electron chi connectivity index (χ3n) is 3.75. The normalized spacial score (nSPS) is 19.9. The summed E-state index contributed by atoms with van der Waals surface area (Å²) in [6.07, 6.45) is 3.50. The van der Waals surface area contributed by atoms with Gasteiger partial charge in [-0.3, -0.25) is 0 Å². The number of nitriles is 1. The molecule has 2 heterocycles. The molecule has 0 N–H and O–H groups in total. The average molecular weight is 259 g/mol. The van der Waals surface area contributed by atoms with Crippen LogP contribution in [-0.2, 0) is 4.74 Å². The van der Waals surface area contributed by atoms with Crippen LogP contribution in [0.2, 0.25) is 0 Å². The molecule has 0 aromatic carbocycles. The lowest BCUT2D eigenvalue weighted by Gasteiger charge is -2.23. The van der Waals surface area contributed by atoms with Gasteiger partial charge in [0.15, 0.2) is 0 Å². The molecule has 0 saturated carbocycles. The molecule has 1 aromatic heterocycles. The molecular formula is C15H21N3O. The number of aromatic nitrogens is 1. The minimum absolute atomic E-state index is 0.335. The Kier molecular flexibility index (Phi) is 4.39. The molecule has 1 unspecified atom stereocenters. The van der Waals surface area contributed by atoms with E-state index >= 15 is 0 Å². The summed E-state index contributed by atoms with van der Waals surface area (Å²) in [6.45, 7) is 5.81. The second-order valence-corrected chi connectivity index (χ2v) is 5.17. The van der Waals surface area contributed by atoms with Crippen LogP contribution in [-0.4, -0.2) is 31.3 Å². The van der Waals surface area contributed by atoms with Crippen molar-refractivity contribution in [2.45, 2.75) is 39.2 Å². The molecule has 1 aliphatic heterocycles. The topological polar surface area (TPSA) is 49.1 Å². The van der Waals surface area contributed by atoms with Crippen LogP contribution in [0.5, 0.6) is 0 Å². The molecule has 1 atom stereocenters. The minimum atomic E-state index is 0.335. The van der Waals surface area contributed by atoms with Gasteiger partial charge in [0.05, 0.1) is 11.7 Å². The maximum atomic E-state index is 9.35. The predicted molar refractivity (Wildman–Crippen MR) is 75.3 cm³/mol. The smallest absolute Gasteiger partial charge is 0.147 e. The Bertz CT molecular complexity index is 493. The average Bonchev–Trinajstić information content (AvgIpc) is 2.63. The summed E-state index contributed by atoms with van der Waals surface area (Å²) in [6, 6.07) is 4.27. The fourth-order valence-corrected chi connectivity index (χ4v) is 2.70. The van der Waals surface area contributed by atoms with Crippen molar-refractivity contribution >= 4 is 5.82 Å². The Labute approximate surface area is 115 Å². The van der Waals surface area contributed by atoms with Gasteiger partial charge in [0.25, 0.3) is 0 Å². The van der Waals surface area contributed by atoms with E-state index in [1.165, 1.54) is 0 Å². The zero-order valence-corrected chi connectivity index (χ0v) is 11.9. The first-order valence-corrected chi connectivity index (χ1v) is 6.81. The summed E-state index contributed by atoms with van der Waals surface area (Å²) in [7, 11) is 1.77. The highest BCUT2D eigenvalue weighted by atomic mass is 16.5. The molecule has 4 nitrogen and oxygen atoms in total. The van der Waals surface area contributed by atoms with Crippen LogP contribution >= 0.6 is 0 Å². The third-order valence-corrected chi connectivity index (χ3v) is 3.75. The first kappa shape index (κ1) is 13.8. The number of pyridine rings is 1. The molecule has 0 radical (unpaired) electrons. The number of hydrogen-bond acceptors (Lipinski definition) is 4. The van der Waals surface area contributed by atoms with Gasteiger partial charge in [0.2, 0.25) is 0 Å². The van der Waals surface area contributed by atoms with Crippen molar-refractivity contribution in [3.05, 3.63) is 22.9 Å². The molecule has 2 rings (SSSR count). The summed E-state index contributed by atoms with van der Waals surface area (Å²) in [5.41, 5.74) is 2.69. The summed E-state index contributed by atoms with van der Waals surface area (Å²) >= 11 is 0. The number of anilines is 1. The van der Waals surface area contributed by atoms with Crippen LogP contribution in [0.4, 0.5) is 5.82 Å². The highest BCUT2D eigenvalue weighted by Gasteiger charge is 2.20. The van der Waals surface area contributed by atoms with E-state index < -0.39 is 0 Å². The van der Waals surface area contributed by atoms with E-state index in [1.54, 1.807) is 7.11 Å². The van der Waals surface area contributed by atoms with E-state index in [1.807, 2.05) is 19.9 Å². The van der Waals surface area contributed by atoms with Gasteiger partial charge in [-0.05, 0) is 44.7 Å². The van der Waals surface area contributed by atoms with Crippen molar-refractivity contribution in [2.75, 3.05) is 25.1 Å². The molecule has 102 valence electrons. The van der Waals surface area contributed by atoms with E-state index in [0.717, 1.165) is 49.4 Å². The molecule has 1 aromatic rings. The van der Waals surface area contributed by atoms with E-state index in [4.69, 9.17) is 4.74 Å². The van der Waals surface area contributed by atoms with Crippen molar-refractivity contribution in [3.8, 4) is 6.07 Å². The largest absolute Gasteiger partial charge is 0.381 e. The standard InChI is InChI=1S/C15H21N3O/c1-11-9-12(2)17-15(14(11)10-16)18-7-4-5-13(19-3)6-8-18/h9,13H,4-8H2,1-3H3. The Morgan fingerprint density at radius 2 is 2.16 bits per heavy atom. The van der Waals surface area contributed by atoms with Gasteiger partial charge in [-0.2, -0.15) is 5.26 Å². The maximum Gasteiger partial charge on any atom is 0.147 e. The number of hydrogen-bond donors (Lipinski definition) is 0. The number of ether oxygens (including phenoxy) is 1. The fourth-order valence-electron chi connectivity index (χ4n) is 2.70. The summed E-state index contributed by atoms with van der Waals surface area (Å²) < 4.78 is 5.45. The zero-order chi connectivity index (χ0) is 13.8. The highest BCUT2D eigenvalue weighted by Crippen LogP contribution is 2.25. The quantitative estimate of drug-likeness (QED) is 0.819. The lowest BCUT2D eigenvalue weighted by molar-refractivity contribution is 0.0931. The molecule has 1 saturated heterocycles. The minimum Gasteiger partial charge on any atom is -0.381 e. The Morgan fingerprint density at radius 1 is 1.37 bits per heavy atom. The molecule has 0 aliphatic carbocycles. The molecule has 1 fully saturated rings. The lowest BCUT2D eigenvalue weighted by Crippen LogP contribution is -2.27. The van der Waals surface area contributed by atoms with Crippen LogP contribution in [0.1, 0.15) is 36.1 Å². The molecule has 19 heavy (non-hydrogen) atoms. The summed E-state index contributed by atoms with van der Waals surface area (Å²) in [4.78, 5) is 6.82. The van der Waals surface area contributed by atoms with Crippen LogP contribution in [0, 0.1) is 25.2 Å². The summed E-state index contributed by atoms with van der Waals surface area (Å²) in [5, 5.41) is 9.35. The monoisotopic (exact) mass is 259 g/mol. The Morgan fingerprint density at radius 3 is 2.84 bits per heavy atom. The predicted octanol–water partition coefficient (Wildman–Crippen LogP) is 2.58. The van der Waals surface area contributed by atoms with Gasteiger partial charge in [-0.25, -0.2) is 4.98 Å². The van der Waals surface area contributed by atoms with E-state index in [0.29, 0.717) is 11.7 Å². The number of rotatable bonds is 2. The molecule has 0 spiro atoms. The maximum absolute atomic E-state index is 9.35. The van der Waals surface area contributed by atoms with E-state index in [2.05, 4.69) is 16.0 Å². The summed E-state index contributed by atoms with van der Waals surface area (Å²) in [5.74, 6) is 0.844. The van der Waals surface area contributed by atoms with Gasteiger partial charge in [-0.1, -0.05) is 0 Å². The van der Waals surface area contributed by atoms with Gasteiger partial charge in [-0.15, -0.1) is 0 Å². The zero-order valence-electron chi connectivity index (χ0n) is 11.9. The van der Waals surface area contributed by atoms with E-state index in [9.17, 15) is 5.26 Å². The molecular weight excluding hydrogens is 238 g/mol. The molecule has 0 bridgehead atoms. The highest BCUT2D eigenvalue weighted by molar-refractivity contribution is 5.58. The first-order valence-electron chi connectivity index (χ1n) is 6.81. The van der Waals surface area contributed by atoms with Crippen LogP contribution in [0.15, 0.2) is 6.07 Å². The van der Waals surface area contributed by atoms with Crippen LogP contribution < -0.4 is 4.90 Å². The SMILES string of the molecule is COC1CCCN(c2nc(C)cc(C)c2C#N)CC1. The Balaban J connectivity index is 2.29. The number of methoxy groups -OCH3 is 1. The molecule has 1 aliphatic rings. The third kappa shape index (κ3) is 3.05. The number of nitrogens with zero attached hydrogens (tertiary/aromatic N) is 3. The first-order chi connectivity index (χ1) is 9.15. The van der Waals surface area contributed by atoms with Crippen molar-refractivity contribution in [2.24, 2.45) is 0 Å². The van der Waals surface area contributed by atoms with Gasteiger partial charge < -0.3 is 9.64 Å².